The summed E-state index contributed by atoms with van der Waals surface area (Å²) in [5, 5.41) is 22.6. The molecule has 0 amide bonds. The molecule has 1 fully saturated rings. The van der Waals surface area contributed by atoms with Gasteiger partial charge in [-0.1, -0.05) is 0 Å². The van der Waals surface area contributed by atoms with Crippen LogP contribution in [0.5, 0.6) is 11.5 Å². The molecule has 0 saturated carbocycles. The molecule has 4 aromatic heterocycles. The predicted octanol–water partition coefficient (Wildman–Crippen LogP) is 6.42. The van der Waals surface area contributed by atoms with Crippen LogP contribution in [0.15, 0.2) is 67.1 Å². The molecule has 0 bridgehead atoms. The molecule has 2 aromatic carbocycles. The lowest BCUT2D eigenvalue weighted by Gasteiger charge is -2.24. The van der Waals surface area contributed by atoms with Gasteiger partial charge in [0.25, 0.3) is 0 Å². The molecule has 4 N–H and O–H groups in total. The van der Waals surface area contributed by atoms with Crippen LogP contribution in [0.1, 0.15) is 12.8 Å². The Kier molecular flexibility index (Phi) is 6.35. The van der Waals surface area contributed by atoms with Gasteiger partial charge in [-0.15, -0.1) is 0 Å². The minimum Gasteiger partial charge on any atom is -0.508 e. The van der Waals surface area contributed by atoms with Crippen LogP contribution in [0, 0.1) is 9.39 Å². The van der Waals surface area contributed by atoms with E-state index in [-0.39, 0.29) is 11.9 Å². The molecular formula is C30H24FIN6O2. The summed E-state index contributed by atoms with van der Waals surface area (Å²) in [6.45, 7) is 1.95. The fraction of sp³-hybridized carbons (Fsp3) is 0.167. The lowest BCUT2D eigenvalue weighted by atomic mass is 10.0. The highest BCUT2D eigenvalue weighted by molar-refractivity contribution is 14.1. The quantitative estimate of drug-likeness (QED) is 0.161. The standard InChI is InChI=1S/C30H24FIN6O2/c31-19-5-17(7-21(39)10-19)26-14-34-15-28-24(26)12-27(36-28)29-25-9-18(13-35-30(25)38-37-29)16-6-20(32)11-23(8-16)40-22-1-3-33-4-2-22/h5-15,22,33,36,39H,1-4H2,(H,35,37,38). The van der Waals surface area contributed by atoms with E-state index in [1.807, 2.05) is 12.3 Å². The second-order valence-corrected chi connectivity index (χ2v) is 11.2. The van der Waals surface area contributed by atoms with E-state index in [0.717, 1.165) is 74.4 Å². The Morgan fingerprint density at radius 2 is 1.77 bits per heavy atom. The molecule has 0 radical (unpaired) electrons. The maximum absolute atomic E-state index is 14.0. The molecule has 1 aliphatic heterocycles. The molecule has 6 aromatic rings. The molecule has 10 heteroatoms. The first-order valence-corrected chi connectivity index (χ1v) is 14.1. The number of fused-ring (bicyclic) bond motifs is 2. The number of rotatable bonds is 5. The van der Waals surface area contributed by atoms with Crippen molar-refractivity contribution in [2.45, 2.75) is 18.9 Å². The molecule has 1 aliphatic rings. The van der Waals surface area contributed by atoms with Gasteiger partial charge < -0.3 is 20.1 Å². The molecule has 8 nitrogen and oxygen atoms in total. The van der Waals surface area contributed by atoms with E-state index in [1.54, 1.807) is 12.4 Å². The van der Waals surface area contributed by atoms with E-state index in [2.05, 4.69) is 77.3 Å². The predicted molar refractivity (Wildman–Crippen MR) is 161 cm³/mol. The van der Waals surface area contributed by atoms with Gasteiger partial charge in [-0.25, -0.2) is 9.37 Å². The number of H-pyrrole nitrogens is 2. The van der Waals surface area contributed by atoms with Crippen LogP contribution in [0.2, 0.25) is 0 Å². The minimum absolute atomic E-state index is 0.139. The van der Waals surface area contributed by atoms with Crippen LogP contribution in [-0.4, -0.2) is 49.4 Å². The van der Waals surface area contributed by atoms with Gasteiger partial charge in [-0.05, 0) is 102 Å². The number of ether oxygens (including phenoxy) is 1. The highest BCUT2D eigenvalue weighted by atomic mass is 127. The molecule has 5 heterocycles. The summed E-state index contributed by atoms with van der Waals surface area (Å²) >= 11 is 2.32. The topological polar surface area (TPSA) is 112 Å². The van der Waals surface area contributed by atoms with Crippen molar-refractivity contribution in [1.82, 2.24) is 30.5 Å². The summed E-state index contributed by atoms with van der Waals surface area (Å²) in [5.74, 6) is 0.208. The van der Waals surface area contributed by atoms with E-state index >= 15 is 0 Å². The normalized spacial score (nSPS) is 14.2. The Bertz CT molecular complexity index is 1860. The molecule has 40 heavy (non-hydrogen) atoms. The Morgan fingerprint density at radius 3 is 2.62 bits per heavy atom. The Morgan fingerprint density at radius 1 is 0.900 bits per heavy atom. The number of aromatic amines is 2. The summed E-state index contributed by atoms with van der Waals surface area (Å²) in [5.41, 5.74) is 6.14. The number of phenolic OH excluding ortho intramolecular Hbond substituents is 1. The first-order chi connectivity index (χ1) is 19.5. The number of piperidine rings is 1. The average Bonchev–Trinajstić information content (AvgIpc) is 3.56. The molecule has 0 atom stereocenters. The van der Waals surface area contributed by atoms with Crippen LogP contribution in [0.25, 0.3) is 55.6 Å². The van der Waals surface area contributed by atoms with Crippen molar-refractivity contribution < 1.29 is 14.2 Å². The Labute approximate surface area is 242 Å². The average molecular weight is 646 g/mol. The van der Waals surface area contributed by atoms with Crippen molar-refractivity contribution in [3.63, 3.8) is 0 Å². The highest BCUT2D eigenvalue weighted by Gasteiger charge is 2.18. The van der Waals surface area contributed by atoms with Crippen LogP contribution < -0.4 is 10.1 Å². The van der Waals surface area contributed by atoms with E-state index < -0.39 is 5.82 Å². The van der Waals surface area contributed by atoms with E-state index in [1.165, 1.54) is 12.1 Å². The molecule has 1 saturated heterocycles. The van der Waals surface area contributed by atoms with Gasteiger partial charge in [-0.2, -0.15) is 5.10 Å². The first kappa shape index (κ1) is 25.0. The summed E-state index contributed by atoms with van der Waals surface area (Å²) in [7, 11) is 0. The van der Waals surface area contributed by atoms with E-state index in [4.69, 9.17) is 4.74 Å². The number of nitrogens with zero attached hydrogens (tertiary/aromatic N) is 3. The molecular weight excluding hydrogens is 622 g/mol. The third-order valence-electron chi connectivity index (χ3n) is 7.20. The van der Waals surface area contributed by atoms with Gasteiger partial charge in [0.2, 0.25) is 0 Å². The van der Waals surface area contributed by atoms with Crippen molar-refractivity contribution in [2.75, 3.05) is 13.1 Å². The zero-order chi connectivity index (χ0) is 27.2. The Hall–Kier alpha value is -4.03. The number of pyridine rings is 2. The second-order valence-electron chi connectivity index (χ2n) is 9.96. The largest absolute Gasteiger partial charge is 0.508 e. The fourth-order valence-electron chi connectivity index (χ4n) is 5.31. The first-order valence-electron chi connectivity index (χ1n) is 13.0. The summed E-state index contributed by atoms with van der Waals surface area (Å²) in [6, 6.07) is 14.3. The maximum atomic E-state index is 14.0. The number of aromatic nitrogens is 5. The highest BCUT2D eigenvalue weighted by Crippen LogP contribution is 2.36. The van der Waals surface area contributed by atoms with Crippen LogP contribution >= 0.6 is 22.6 Å². The van der Waals surface area contributed by atoms with Crippen molar-refractivity contribution in [1.29, 1.82) is 0 Å². The van der Waals surface area contributed by atoms with Crippen molar-refractivity contribution in [2.24, 2.45) is 0 Å². The summed E-state index contributed by atoms with van der Waals surface area (Å²) in [4.78, 5) is 12.4. The number of hydrogen-bond acceptors (Lipinski definition) is 6. The monoisotopic (exact) mass is 646 g/mol. The van der Waals surface area contributed by atoms with E-state index in [9.17, 15) is 9.50 Å². The van der Waals surface area contributed by atoms with E-state index in [0.29, 0.717) is 22.5 Å². The molecule has 0 aliphatic carbocycles. The summed E-state index contributed by atoms with van der Waals surface area (Å²) in [6.07, 6.45) is 7.43. The SMILES string of the molecule is Oc1cc(F)cc(-c2cncc3[nH]c(-c4n[nH]c5ncc(-c6cc(I)cc(OC7CCNCC7)c6)cc45)cc23)c1. The molecule has 0 spiro atoms. The minimum atomic E-state index is -0.514. The number of halogens is 2. The van der Waals surface area contributed by atoms with Crippen molar-refractivity contribution in [3.05, 3.63) is 76.5 Å². The van der Waals surface area contributed by atoms with Gasteiger partial charge in [0.15, 0.2) is 5.65 Å². The zero-order valence-electron chi connectivity index (χ0n) is 21.2. The van der Waals surface area contributed by atoms with Gasteiger partial charge in [0, 0.05) is 43.9 Å². The molecule has 200 valence electrons. The van der Waals surface area contributed by atoms with Crippen molar-refractivity contribution in [3.8, 4) is 45.1 Å². The number of hydrogen-bond donors (Lipinski definition) is 4. The fourth-order valence-corrected chi connectivity index (χ4v) is 5.95. The van der Waals surface area contributed by atoms with Gasteiger partial charge in [-0.3, -0.25) is 10.1 Å². The van der Waals surface area contributed by atoms with Gasteiger partial charge >= 0.3 is 0 Å². The lowest BCUT2D eigenvalue weighted by Crippen LogP contribution is -2.34. The molecule has 7 rings (SSSR count). The number of benzene rings is 2. The number of aromatic hydroxyl groups is 1. The number of nitrogens with one attached hydrogen (secondary N) is 3. The maximum Gasteiger partial charge on any atom is 0.155 e. The van der Waals surface area contributed by atoms with Gasteiger partial charge in [0.1, 0.15) is 29.1 Å². The van der Waals surface area contributed by atoms with Gasteiger partial charge in [0.05, 0.1) is 17.4 Å². The zero-order valence-corrected chi connectivity index (χ0v) is 23.4. The van der Waals surface area contributed by atoms with Crippen LogP contribution in [0.3, 0.4) is 0 Å². The third kappa shape index (κ3) is 4.77. The second kappa shape index (κ2) is 10.2. The smallest absolute Gasteiger partial charge is 0.155 e. The van der Waals surface area contributed by atoms with Crippen molar-refractivity contribution >= 4 is 44.5 Å². The third-order valence-corrected chi connectivity index (χ3v) is 7.83. The summed E-state index contributed by atoms with van der Waals surface area (Å²) < 4.78 is 21.5. The molecule has 0 unspecified atom stereocenters. The lowest BCUT2D eigenvalue weighted by molar-refractivity contribution is 0.162. The number of phenols is 1. The van der Waals surface area contributed by atoms with Crippen LogP contribution in [0.4, 0.5) is 4.39 Å². The van der Waals surface area contributed by atoms with Crippen LogP contribution in [-0.2, 0) is 0 Å². The Balaban J connectivity index is 1.28.